The number of amides is 1. The highest BCUT2D eigenvalue weighted by Gasteiger charge is 2.52. The van der Waals surface area contributed by atoms with Crippen LogP contribution in [0, 0.1) is 0 Å². The van der Waals surface area contributed by atoms with E-state index in [-0.39, 0.29) is 29.8 Å². The minimum Gasteiger partial charge on any atom is -0.399 e. The van der Waals surface area contributed by atoms with E-state index in [1.165, 1.54) is 0 Å². The minimum absolute atomic E-state index is 0.0209. The molecular formula is C17H24BNO3. The first kappa shape index (κ1) is 15.6. The summed E-state index contributed by atoms with van der Waals surface area (Å²) in [5.41, 5.74) is 1.36. The summed E-state index contributed by atoms with van der Waals surface area (Å²) in [6.07, 6.45) is 2.00. The van der Waals surface area contributed by atoms with E-state index >= 15 is 0 Å². The summed E-state index contributed by atoms with van der Waals surface area (Å²) in [6, 6.07) is 8.23. The molecular weight excluding hydrogens is 277 g/mol. The predicted octanol–water partition coefficient (Wildman–Crippen LogP) is 2.11. The molecule has 2 fully saturated rings. The van der Waals surface area contributed by atoms with Crippen molar-refractivity contribution in [3.63, 3.8) is 0 Å². The van der Waals surface area contributed by atoms with Crippen LogP contribution >= 0.6 is 0 Å². The molecule has 1 N–H and O–H groups in total. The van der Waals surface area contributed by atoms with Gasteiger partial charge in [-0.25, -0.2) is 0 Å². The Morgan fingerprint density at radius 1 is 1.05 bits per heavy atom. The second kappa shape index (κ2) is 4.83. The maximum absolute atomic E-state index is 11.3. The summed E-state index contributed by atoms with van der Waals surface area (Å²) in [7, 11) is -0.338. The second-order valence-electron chi connectivity index (χ2n) is 7.47. The molecule has 2 aliphatic rings. The minimum atomic E-state index is -0.338. The lowest BCUT2D eigenvalue weighted by Gasteiger charge is -2.32. The molecule has 5 heteroatoms. The zero-order chi connectivity index (χ0) is 16.2. The molecule has 0 atom stereocenters. The molecule has 0 bridgehead atoms. The topological polar surface area (TPSA) is 47.6 Å². The fourth-order valence-electron chi connectivity index (χ4n) is 2.89. The van der Waals surface area contributed by atoms with Crippen molar-refractivity contribution in [3.05, 3.63) is 29.8 Å². The molecule has 0 aromatic heterocycles. The van der Waals surface area contributed by atoms with Crippen LogP contribution in [0.3, 0.4) is 0 Å². The Bertz CT molecular complexity index is 574. The number of nitrogens with one attached hydrogen (secondary N) is 1. The number of hydrogen-bond donors (Lipinski definition) is 1. The fraction of sp³-hybridized carbons (Fsp3) is 0.588. The Balaban J connectivity index is 1.78. The van der Waals surface area contributed by atoms with E-state index < -0.39 is 0 Å². The molecule has 1 aromatic rings. The summed E-state index contributed by atoms with van der Waals surface area (Å²) >= 11 is 0. The molecule has 118 valence electrons. The Morgan fingerprint density at radius 2 is 1.55 bits per heavy atom. The Kier molecular flexibility index (Phi) is 3.42. The molecule has 1 saturated carbocycles. The quantitative estimate of drug-likeness (QED) is 0.870. The first-order valence-corrected chi connectivity index (χ1v) is 7.90. The van der Waals surface area contributed by atoms with Gasteiger partial charge in [0.2, 0.25) is 5.91 Å². The smallest absolute Gasteiger partial charge is 0.399 e. The zero-order valence-corrected chi connectivity index (χ0v) is 14.0. The van der Waals surface area contributed by atoms with Gasteiger partial charge in [-0.3, -0.25) is 4.79 Å². The van der Waals surface area contributed by atoms with Crippen LogP contribution < -0.4 is 10.8 Å². The molecule has 22 heavy (non-hydrogen) atoms. The van der Waals surface area contributed by atoms with Crippen LogP contribution in [0.1, 0.15) is 53.0 Å². The first-order chi connectivity index (χ1) is 10.2. The van der Waals surface area contributed by atoms with Crippen molar-refractivity contribution >= 4 is 18.5 Å². The molecule has 1 amide bonds. The third-order valence-electron chi connectivity index (χ3n) is 5.15. The van der Waals surface area contributed by atoms with E-state index in [1.807, 2.05) is 12.1 Å². The van der Waals surface area contributed by atoms with Gasteiger partial charge in [0.05, 0.1) is 16.7 Å². The van der Waals surface area contributed by atoms with Gasteiger partial charge in [0, 0.05) is 6.92 Å². The van der Waals surface area contributed by atoms with E-state index in [9.17, 15) is 4.79 Å². The van der Waals surface area contributed by atoms with Crippen molar-refractivity contribution in [3.8, 4) is 0 Å². The highest BCUT2D eigenvalue weighted by Crippen LogP contribution is 2.45. The van der Waals surface area contributed by atoms with Crippen molar-refractivity contribution in [2.24, 2.45) is 0 Å². The molecule has 1 heterocycles. The third kappa shape index (κ3) is 2.57. The molecule has 0 spiro atoms. The van der Waals surface area contributed by atoms with Crippen LogP contribution in [0.5, 0.6) is 0 Å². The van der Waals surface area contributed by atoms with Crippen molar-refractivity contribution in [2.45, 2.75) is 64.2 Å². The SMILES string of the molecule is CC(=O)NC1(c2ccc(B3OC(C)(C)C(C)(C)O3)cc2)CC1. The van der Waals surface area contributed by atoms with Crippen molar-refractivity contribution in [1.29, 1.82) is 0 Å². The van der Waals surface area contributed by atoms with Gasteiger partial charge in [0.15, 0.2) is 0 Å². The maximum Gasteiger partial charge on any atom is 0.494 e. The normalized spacial score (nSPS) is 24.1. The summed E-state index contributed by atoms with van der Waals surface area (Å²) in [4.78, 5) is 11.3. The molecule has 1 aliphatic carbocycles. The van der Waals surface area contributed by atoms with Gasteiger partial charge in [-0.15, -0.1) is 0 Å². The van der Waals surface area contributed by atoms with E-state index in [0.29, 0.717) is 0 Å². The zero-order valence-electron chi connectivity index (χ0n) is 14.0. The lowest BCUT2D eigenvalue weighted by molar-refractivity contribution is -0.120. The summed E-state index contributed by atoms with van der Waals surface area (Å²) < 4.78 is 12.1. The Hall–Kier alpha value is -1.33. The summed E-state index contributed by atoms with van der Waals surface area (Å²) in [5.74, 6) is 0.0209. The van der Waals surface area contributed by atoms with Gasteiger partial charge in [-0.2, -0.15) is 0 Å². The lowest BCUT2D eigenvalue weighted by Crippen LogP contribution is -2.41. The fourth-order valence-corrected chi connectivity index (χ4v) is 2.89. The van der Waals surface area contributed by atoms with Crippen LogP contribution in [-0.2, 0) is 19.6 Å². The average molecular weight is 301 g/mol. The standard InChI is InChI=1S/C17H24BNO3/c1-12(20)19-17(10-11-17)13-6-8-14(9-7-13)18-21-15(2,3)16(4,5)22-18/h6-9H,10-11H2,1-5H3,(H,19,20). The number of rotatable bonds is 3. The van der Waals surface area contributed by atoms with Gasteiger partial charge in [-0.05, 0) is 51.6 Å². The van der Waals surface area contributed by atoms with Crippen molar-refractivity contribution < 1.29 is 14.1 Å². The average Bonchev–Trinajstić information content (AvgIpc) is 3.13. The molecule has 1 aromatic carbocycles. The summed E-state index contributed by atoms with van der Waals surface area (Å²) in [5, 5.41) is 3.06. The number of carbonyl (C=O) groups excluding carboxylic acids is 1. The van der Waals surface area contributed by atoms with Crippen LogP contribution in [0.15, 0.2) is 24.3 Å². The number of benzene rings is 1. The van der Waals surface area contributed by atoms with Gasteiger partial charge in [0.1, 0.15) is 0 Å². The monoisotopic (exact) mass is 301 g/mol. The number of hydrogen-bond acceptors (Lipinski definition) is 3. The van der Waals surface area contributed by atoms with Gasteiger partial charge in [-0.1, -0.05) is 24.3 Å². The van der Waals surface area contributed by atoms with Gasteiger partial charge < -0.3 is 14.6 Å². The first-order valence-electron chi connectivity index (χ1n) is 7.90. The van der Waals surface area contributed by atoms with Crippen LogP contribution in [0.25, 0.3) is 0 Å². The molecule has 1 saturated heterocycles. The molecule has 4 nitrogen and oxygen atoms in total. The Morgan fingerprint density at radius 3 is 1.95 bits per heavy atom. The number of carbonyl (C=O) groups is 1. The van der Waals surface area contributed by atoms with E-state index in [4.69, 9.17) is 9.31 Å². The molecule has 1 aliphatic heterocycles. The molecule has 0 unspecified atom stereocenters. The van der Waals surface area contributed by atoms with Crippen LogP contribution in [-0.4, -0.2) is 24.2 Å². The highest BCUT2D eigenvalue weighted by atomic mass is 16.7. The second-order valence-corrected chi connectivity index (χ2v) is 7.47. The summed E-state index contributed by atoms with van der Waals surface area (Å²) in [6.45, 7) is 9.78. The van der Waals surface area contributed by atoms with Gasteiger partial charge in [0.25, 0.3) is 0 Å². The Labute approximate surface area is 132 Å². The van der Waals surface area contributed by atoms with Crippen molar-refractivity contribution in [2.75, 3.05) is 0 Å². The predicted molar refractivity (Wildman–Crippen MR) is 86.9 cm³/mol. The van der Waals surface area contributed by atoms with Crippen molar-refractivity contribution in [1.82, 2.24) is 5.32 Å². The van der Waals surface area contributed by atoms with Gasteiger partial charge >= 0.3 is 7.12 Å². The molecule has 3 rings (SSSR count). The molecule has 0 radical (unpaired) electrons. The largest absolute Gasteiger partial charge is 0.494 e. The van der Waals surface area contributed by atoms with Crippen LogP contribution in [0.2, 0.25) is 0 Å². The lowest BCUT2D eigenvalue weighted by atomic mass is 9.78. The van der Waals surface area contributed by atoms with Crippen LogP contribution in [0.4, 0.5) is 0 Å². The van der Waals surface area contributed by atoms with E-state index in [1.54, 1.807) is 6.92 Å². The van der Waals surface area contributed by atoms with E-state index in [0.717, 1.165) is 23.9 Å². The highest BCUT2D eigenvalue weighted by molar-refractivity contribution is 6.62. The van der Waals surface area contributed by atoms with E-state index in [2.05, 4.69) is 45.1 Å². The third-order valence-corrected chi connectivity index (χ3v) is 5.15. The maximum atomic E-state index is 11.3.